The van der Waals surface area contributed by atoms with Crippen molar-refractivity contribution in [3.8, 4) is 0 Å². The first kappa shape index (κ1) is 10.2. The average molecular weight is 193 g/mol. The summed E-state index contributed by atoms with van der Waals surface area (Å²) in [4.78, 5) is 20.3. The molecule has 0 radical (unpaired) electrons. The second-order valence-corrected chi connectivity index (χ2v) is 2.66. The molecule has 0 spiro atoms. The van der Waals surface area contributed by atoms with Crippen molar-refractivity contribution in [1.29, 1.82) is 0 Å². The van der Waals surface area contributed by atoms with Crippen LogP contribution in [0.4, 0.5) is 0 Å². The van der Waals surface area contributed by atoms with E-state index in [2.05, 4.69) is 5.32 Å². The number of hydrogen-bond donors (Lipinski definition) is 1. The van der Waals surface area contributed by atoms with Crippen molar-refractivity contribution in [1.82, 2.24) is 5.32 Å². The minimum absolute atomic E-state index is 0.284. The van der Waals surface area contributed by atoms with E-state index in [1.54, 1.807) is 0 Å². The van der Waals surface area contributed by atoms with Crippen molar-refractivity contribution in [2.75, 3.05) is 6.54 Å². The van der Waals surface area contributed by atoms with Crippen LogP contribution in [0.1, 0.15) is 11.7 Å². The number of carbonyl (C=O) groups is 2. The number of amides is 1. The van der Waals surface area contributed by atoms with Gasteiger partial charge in [-0.3, -0.25) is 9.59 Å². The highest BCUT2D eigenvalue weighted by Crippen LogP contribution is 2.14. The molecular formula is C10H11NO3. The van der Waals surface area contributed by atoms with Crippen molar-refractivity contribution in [2.24, 2.45) is 0 Å². The van der Waals surface area contributed by atoms with Crippen LogP contribution >= 0.6 is 0 Å². The Hall–Kier alpha value is -1.84. The third-order valence-electron chi connectivity index (χ3n) is 1.78. The predicted octanol–water partition coefficient (Wildman–Crippen LogP) is 0.647. The summed E-state index contributed by atoms with van der Waals surface area (Å²) in [5, 5.41) is 2.47. The van der Waals surface area contributed by atoms with Gasteiger partial charge in [0.1, 0.15) is 6.10 Å². The Labute approximate surface area is 81.9 Å². The van der Waals surface area contributed by atoms with Gasteiger partial charge in [0, 0.05) is 0 Å². The zero-order chi connectivity index (χ0) is 10.2. The molecule has 1 amide bonds. The van der Waals surface area contributed by atoms with Gasteiger partial charge in [-0.15, -0.1) is 0 Å². The first-order chi connectivity index (χ1) is 6.88. The molecule has 0 heterocycles. The quantitative estimate of drug-likeness (QED) is 0.675. The summed E-state index contributed by atoms with van der Waals surface area (Å²) in [6, 6.07) is 9.23. The van der Waals surface area contributed by atoms with Crippen LogP contribution in [0.3, 0.4) is 0 Å². The fourth-order valence-electron chi connectivity index (χ4n) is 1.13. The maximum atomic E-state index is 10.2. The third kappa shape index (κ3) is 2.90. The zero-order valence-electron chi connectivity index (χ0n) is 7.55. The van der Waals surface area contributed by atoms with Crippen molar-refractivity contribution >= 4 is 12.9 Å². The van der Waals surface area contributed by atoms with E-state index in [9.17, 15) is 9.59 Å². The second-order valence-electron chi connectivity index (χ2n) is 2.66. The zero-order valence-corrected chi connectivity index (χ0v) is 7.55. The summed E-state index contributed by atoms with van der Waals surface area (Å²) in [5.41, 5.74) is 0.856. The van der Waals surface area contributed by atoms with Crippen LogP contribution in [-0.2, 0) is 14.3 Å². The molecule has 1 aromatic carbocycles. The van der Waals surface area contributed by atoms with Gasteiger partial charge in [0.05, 0.1) is 6.54 Å². The lowest BCUT2D eigenvalue weighted by molar-refractivity contribution is -0.134. The smallest absolute Gasteiger partial charge is 0.293 e. The Morgan fingerprint density at radius 3 is 2.57 bits per heavy atom. The molecule has 0 saturated heterocycles. The molecule has 0 aliphatic carbocycles. The minimum atomic E-state index is -0.418. The topological polar surface area (TPSA) is 55.4 Å². The highest BCUT2D eigenvalue weighted by atomic mass is 16.5. The number of carbonyl (C=O) groups excluding carboxylic acids is 2. The van der Waals surface area contributed by atoms with Crippen LogP contribution < -0.4 is 5.32 Å². The predicted molar refractivity (Wildman–Crippen MR) is 50.4 cm³/mol. The molecule has 4 nitrogen and oxygen atoms in total. The summed E-state index contributed by atoms with van der Waals surface area (Å²) in [7, 11) is 0. The van der Waals surface area contributed by atoms with Crippen LogP contribution in [0.15, 0.2) is 30.3 Å². The molecule has 1 unspecified atom stereocenters. The molecular weight excluding hydrogens is 182 g/mol. The highest BCUT2D eigenvalue weighted by molar-refractivity contribution is 5.46. The van der Waals surface area contributed by atoms with Crippen molar-refractivity contribution in [3.63, 3.8) is 0 Å². The van der Waals surface area contributed by atoms with E-state index in [0.717, 1.165) is 5.56 Å². The lowest BCUT2D eigenvalue weighted by Crippen LogP contribution is -2.21. The Bertz CT molecular complexity index is 287. The van der Waals surface area contributed by atoms with Crippen LogP contribution in [0.2, 0.25) is 0 Å². The maximum absolute atomic E-state index is 10.2. The molecule has 1 atom stereocenters. The van der Waals surface area contributed by atoms with Crippen molar-refractivity contribution < 1.29 is 14.3 Å². The van der Waals surface area contributed by atoms with E-state index < -0.39 is 6.10 Å². The monoisotopic (exact) mass is 193 g/mol. The van der Waals surface area contributed by atoms with E-state index in [0.29, 0.717) is 12.9 Å². The summed E-state index contributed by atoms with van der Waals surface area (Å²) < 4.78 is 4.83. The summed E-state index contributed by atoms with van der Waals surface area (Å²) in [6.07, 6.45) is 0.156. The van der Waals surface area contributed by atoms with Crippen molar-refractivity contribution in [2.45, 2.75) is 6.10 Å². The molecule has 1 rings (SSSR count). The first-order valence-corrected chi connectivity index (χ1v) is 4.19. The third-order valence-corrected chi connectivity index (χ3v) is 1.78. The van der Waals surface area contributed by atoms with Gasteiger partial charge in [-0.25, -0.2) is 0 Å². The maximum Gasteiger partial charge on any atom is 0.293 e. The number of hydrogen-bond acceptors (Lipinski definition) is 3. The van der Waals surface area contributed by atoms with E-state index in [4.69, 9.17) is 4.74 Å². The van der Waals surface area contributed by atoms with Gasteiger partial charge >= 0.3 is 0 Å². The van der Waals surface area contributed by atoms with Gasteiger partial charge in [0.2, 0.25) is 6.41 Å². The van der Waals surface area contributed by atoms with Crippen molar-refractivity contribution in [3.05, 3.63) is 35.9 Å². The summed E-state index contributed by atoms with van der Waals surface area (Å²) >= 11 is 0. The molecule has 0 aromatic heterocycles. The van der Waals surface area contributed by atoms with Gasteiger partial charge in [-0.05, 0) is 5.56 Å². The molecule has 0 saturated carbocycles. The van der Waals surface area contributed by atoms with Gasteiger partial charge in [-0.1, -0.05) is 30.3 Å². The van der Waals surface area contributed by atoms with Crippen LogP contribution in [0.25, 0.3) is 0 Å². The number of rotatable bonds is 6. The molecule has 0 bridgehead atoms. The number of nitrogens with one attached hydrogen (secondary N) is 1. The van der Waals surface area contributed by atoms with Gasteiger partial charge < -0.3 is 10.1 Å². The Kier molecular flexibility index (Phi) is 4.20. The SMILES string of the molecule is O=CNCC(OC=O)c1ccccc1. The Morgan fingerprint density at radius 2 is 2.00 bits per heavy atom. The van der Waals surface area contributed by atoms with Crippen LogP contribution in [0.5, 0.6) is 0 Å². The second kappa shape index (κ2) is 5.75. The van der Waals surface area contributed by atoms with Crippen LogP contribution in [0, 0.1) is 0 Å². The highest BCUT2D eigenvalue weighted by Gasteiger charge is 2.10. The molecule has 74 valence electrons. The normalized spacial score (nSPS) is 11.4. The van der Waals surface area contributed by atoms with E-state index >= 15 is 0 Å². The van der Waals surface area contributed by atoms with E-state index in [-0.39, 0.29) is 6.54 Å². The van der Waals surface area contributed by atoms with Crippen LogP contribution in [-0.4, -0.2) is 19.4 Å². The molecule has 0 aliphatic rings. The van der Waals surface area contributed by atoms with E-state index in [1.807, 2.05) is 30.3 Å². The molecule has 0 aliphatic heterocycles. The standard InChI is InChI=1S/C10H11NO3/c12-7-11-6-10(14-8-13)9-4-2-1-3-5-9/h1-5,7-8,10H,6H2,(H,11,12). The average Bonchev–Trinajstić information content (AvgIpc) is 2.25. The van der Waals surface area contributed by atoms with E-state index in [1.165, 1.54) is 0 Å². The lowest BCUT2D eigenvalue weighted by atomic mass is 10.1. The molecule has 0 fully saturated rings. The lowest BCUT2D eigenvalue weighted by Gasteiger charge is -2.14. The first-order valence-electron chi connectivity index (χ1n) is 4.19. The van der Waals surface area contributed by atoms with Gasteiger partial charge in [0.25, 0.3) is 6.47 Å². The molecule has 4 heteroatoms. The Balaban J connectivity index is 2.66. The van der Waals surface area contributed by atoms with Gasteiger partial charge in [0.15, 0.2) is 0 Å². The molecule has 14 heavy (non-hydrogen) atoms. The Morgan fingerprint density at radius 1 is 1.29 bits per heavy atom. The fraction of sp³-hybridized carbons (Fsp3) is 0.200. The largest absolute Gasteiger partial charge is 0.458 e. The fourth-order valence-corrected chi connectivity index (χ4v) is 1.13. The minimum Gasteiger partial charge on any atom is -0.458 e. The molecule has 1 N–H and O–H groups in total. The summed E-state index contributed by atoms with van der Waals surface area (Å²) in [5.74, 6) is 0. The number of ether oxygens (including phenoxy) is 1. The number of benzene rings is 1. The molecule has 1 aromatic rings. The summed E-state index contributed by atoms with van der Waals surface area (Å²) in [6.45, 7) is 0.663. The van der Waals surface area contributed by atoms with Gasteiger partial charge in [-0.2, -0.15) is 0 Å².